The molecule has 0 N–H and O–H groups in total. The van der Waals surface area contributed by atoms with E-state index >= 15 is 0 Å². The van der Waals surface area contributed by atoms with Crippen LogP contribution in [0.1, 0.15) is 16.7 Å². The van der Waals surface area contributed by atoms with Gasteiger partial charge in [0, 0.05) is 6.08 Å². The van der Waals surface area contributed by atoms with Gasteiger partial charge < -0.3 is 4.74 Å². The lowest BCUT2D eigenvalue weighted by Gasteiger charge is -2.01. The third-order valence-electron chi connectivity index (χ3n) is 2.87. The predicted molar refractivity (Wildman–Crippen MR) is 85.7 cm³/mol. The van der Waals surface area contributed by atoms with E-state index in [2.05, 4.69) is 9.24 Å². The fourth-order valence-electron chi connectivity index (χ4n) is 1.69. The summed E-state index contributed by atoms with van der Waals surface area (Å²) in [7, 11) is 2.68. The topological polar surface area (TPSA) is 26.3 Å². The Kier molecular flexibility index (Phi) is 5.09. The molecule has 0 fully saturated rings. The smallest absolute Gasteiger partial charge is 0.336 e. The van der Waals surface area contributed by atoms with Gasteiger partial charge in [0.05, 0.1) is 0 Å². The molecule has 0 bridgehead atoms. The van der Waals surface area contributed by atoms with Crippen LogP contribution >= 0.6 is 9.24 Å². The van der Waals surface area contributed by atoms with Crippen molar-refractivity contribution >= 4 is 21.3 Å². The van der Waals surface area contributed by atoms with Gasteiger partial charge in [-0.2, -0.15) is 0 Å². The molecule has 3 heteroatoms. The lowest BCUT2D eigenvalue weighted by Crippen LogP contribution is -2.03. The molecule has 20 heavy (non-hydrogen) atoms. The average Bonchev–Trinajstić information content (AvgIpc) is 2.48. The van der Waals surface area contributed by atoms with Gasteiger partial charge in [0.2, 0.25) is 0 Å². The number of rotatable bonds is 4. The first-order valence-electron chi connectivity index (χ1n) is 6.43. The summed E-state index contributed by atoms with van der Waals surface area (Å²) in [6.07, 6.45) is 4.12. The van der Waals surface area contributed by atoms with Gasteiger partial charge in [0.1, 0.15) is 5.75 Å². The Hall–Kier alpha value is -1.92. The van der Waals surface area contributed by atoms with Gasteiger partial charge in [0.15, 0.2) is 0 Å². The highest BCUT2D eigenvalue weighted by atomic mass is 31.0. The molecule has 0 saturated heterocycles. The summed E-state index contributed by atoms with van der Waals surface area (Å²) in [6, 6.07) is 15.4. The van der Waals surface area contributed by atoms with Crippen molar-refractivity contribution in [3.63, 3.8) is 0 Å². The van der Waals surface area contributed by atoms with Gasteiger partial charge in [-0.1, -0.05) is 42.0 Å². The van der Waals surface area contributed by atoms with Crippen LogP contribution in [0, 0.1) is 6.92 Å². The second-order valence-corrected chi connectivity index (χ2v) is 4.92. The number of esters is 1. The van der Waals surface area contributed by atoms with Crippen LogP contribution in [0.25, 0.3) is 6.08 Å². The van der Waals surface area contributed by atoms with Crippen LogP contribution in [0.5, 0.6) is 5.75 Å². The zero-order valence-corrected chi connectivity index (χ0v) is 12.5. The summed E-state index contributed by atoms with van der Waals surface area (Å²) >= 11 is 0. The van der Waals surface area contributed by atoms with E-state index in [0.29, 0.717) is 5.75 Å². The lowest BCUT2D eigenvalue weighted by atomic mass is 10.1. The molecular weight excluding hydrogens is 267 g/mol. The molecule has 2 rings (SSSR count). The maximum atomic E-state index is 11.7. The van der Waals surface area contributed by atoms with Crippen LogP contribution in [0.2, 0.25) is 0 Å². The molecule has 102 valence electrons. The van der Waals surface area contributed by atoms with E-state index in [1.165, 1.54) is 11.6 Å². The fraction of sp³-hybridized carbons (Fsp3) is 0.118. The van der Waals surface area contributed by atoms with Gasteiger partial charge in [-0.15, -0.1) is 9.24 Å². The van der Waals surface area contributed by atoms with Crippen LogP contribution in [-0.2, 0) is 11.0 Å². The number of carbonyl (C=O) groups excluding carboxylic acids is 1. The van der Waals surface area contributed by atoms with Crippen molar-refractivity contribution in [3.05, 3.63) is 71.3 Å². The third kappa shape index (κ3) is 4.32. The van der Waals surface area contributed by atoms with Gasteiger partial charge >= 0.3 is 5.97 Å². The molecule has 0 amide bonds. The van der Waals surface area contributed by atoms with Crippen molar-refractivity contribution in [3.8, 4) is 5.75 Å². The summed E-state index contributed by atoms with van der Waals surface area (Å²) < 4.78 is 5.21. The second kappa shape index (κ2) is 7.02. The second-order valence-electron chi connectivity index (χ2n) is 4.51. The van der Waals surface area contributed by atoms with Crippen LogP contribution in [0.4, 0.5) is 0 Å². The van der Waals surface area contributed by atoms with E-state index in [1.807, 2.05) is 43.3 Å². The number of benzene rings is 2. The minimum atomic E-state index is -0.371. The maximum absolute atomic E-state index is 11.7. The van der Waals surface area contributed by atoms with Crippen LogP contribution in [0.15, 0.2) is 54.6 Å². The van der Waals surface area contributed by atoms with Crippen molar-refractivity contribution < 1.29 is 9.53 Å². The average molecular weight is 284 g/mol. The largest absolute Gasteiger partial charge is 0.423 e. The molecule has 0 radical (unpaired) electrons. The Morgan fingerprint density at radius 1 is 1.10 bits per heavy atom. The molecule has 0 aliphatic heterocycles. The van der Waals surface area contributed by atoms with Gasteiger partial charge in [-0.25, -0.2) is 4.79 Å². The van der Waals surface area contributed by atoms with Crippen molar-refractivity contribution in [1.82, 2.24) is 0 Å². The van der Waals surface area contributed by atoms with Gasteiger partial charge in [-0.3, -0.25) is 0 Å². The molecule has 1 atom stereocenters. The Labute approximate surface area is 121 Å². The summed E-state index contributed by atoms with van der Waals surface area (Å²) in [4.78, 5) is 11.7. The molecule has 2 nitrogen and oxygen atoms in total. The summed E-state index contributed by atoms with van der Waals surface area (Å²) in [5.41, 5.74) is 3.36. The van der Waals surface area contributed by atoms with Crippen molar-refractivity contribution in [2.45, 2.75) is 13.1 Å². The Bertz CT molecular complexity index is 598. The maximum Gasteiger partial charge on any atom is 0.336 e. The van der Waals surface area contributed by atoms with Crippen LogP contribution in [-0.4, -0.2) is 5.97 Å². The lowest BCUT2D eigenvalue weighted by molar-refractivity contribution is -0.128. The standard InChI is InChI=1S/C17H17O2P/c1-13-2-9-16(10-3-13)19-17(18)11-8-14-4-6-15(12-20)7-5-14/h2-11H,12,20H2,1H3/b11-8+. The third-order valence-corrected chi connectivity index (χ3v) is 3.34. The SMILES string of the molecule is Cc1ccc(OC(=O)/C=C/c2ccc(CP)cc2)cc1. The Morgan fingerprint density at radius 3 is 2.35 bits per heavy atom. The zero-order chi connectivity index (χ0) is 14.4. The van der Waals surface area contributed by atoms with Gasteiger partial charge in [0.25, 0.3) is 0 Å². The predicted octanol–water partition coefficient (Wildman–Crippen LogP) is 3.99. The molecule has 2 aromatic rings. The Morgan fingerprint density at radius 2 is 1.75 bits per heavy atom. The fourth-order valence-corrected chi connectivity index (χ4v) is 1.96. The first-order chi connectivity index (χ1) is 9.67. The zero-order valence-electron chi connectivity index (χ0n) is 11.4. The minimum Gasteiger partial charge on any atom is -0.423 e. The summed E-state index contributed by atoms with van der Waals surface area (Å²) in [5, 5.41) is 0. The molecule has 0 aliphatic carbocycles. The molecular formula is C17H17O2P. The van der Waals surface area contributed by atoms with E-state index in [0.717, 1.165) is 17.3 Å². The van der Waals surface area contributed by atoms with E-state index in [4.69, 9.17) is 4.74 Å². The van der Waals surface area contributed by atoms with Gasteiger partial charge in [-0.05, 0) is 42.4 Å². The van der Waals surface area contributed by atoms with Crippen molar-refractivity contribution in [1.29, 1.82) is 0 Å². The number of ether oxygens (including phenoxy) is 1. The molecule has 0 aliphatic rings. The van der Waals surface area contributed by atoms with Crippen molar-refractivity contribution in [2.75, 3.05) is 0 Å². The quantitative estimate of drug-likeness (QED) is 0.367. The summed E-state index contributed by atoms with van der Waals surface area (Å²) in [6.45, 7) is 1.99. The highest BCUT2D eigenvalue weighted by Crippen LogP contribution is 2.12. The van der Waals surface area contributed by atoms with Crippen molar-refractivity contribution in [2.24, 2.45) is 0 Å². The molecule has 0 saturated carbocycles. The molecule has 1 unspecified atom stereocenters. The number of hydrogen-bond acceptors (Lipinski definition) is 2. The van der Waals surface area contributed by atoms with E-state index < -0.39 is 0 Å². The molecule has 0 heterocycles. The number of carbonyl (C=O) groups is 1. The van der Waals surface area contributed by atoms with E-state index in [9.17, 15) is 4.79 Å². The van der Waals surface area contributed by atoms with E-state index in [1.54, 1.807) is 18.2 Å². The summed E-state index contributed by atoms with van der Waals surface area (Å²) in [5.74, 6) is 0.188. The van der Waals surface area contributed by atoms with Crippen LogP contribution < -0.4 is 4.74 Å². The minimum absolute atomic E-state index is 0.371. The first-order valence-corrected chi connectivity index (χ1v) is 7.24. The monoisotopic (exact) mass is 284 g/mol. The highest BCUT2D eigenvalue weighted by Gasteiger charge is 1.99. The first kappa shape index (κ1) is 14.5. The Balaban J connectivity index is 1.96. The van der Waals surface area contributed by atoms with Crippen LogP contribution in [0.3, 0.4) is 0 Å². The highest BCUT2D eigenvalue weighted by molar-refractivity contribution is 7.15. The number of hydrogen-bond donors (Lipinski definition) is 0. The number of aryl methyl sites for hydroxylation is 1. The molecule has 0 aromatic heterocycles. The molecule has 0 spiro atoms. The molecule has 2 aromatic carbocycles. The van der Waals surface area contributed by atoms with E-state index in [-0.39, 0.29) is 5.97 Å². The normalized spacial score (nSPS) is 10.7.